The minimum atomic E-state index is -3.63. The van der Waals surface area contributed by atoms with Gasteiger partial charge < -0.3 is 4.90 Å². The number of sulfonamides is 1. The van der Waals surface area contributed by atoms with Gasteiger partial charge in [0.05, 0.1) is 11.4 Å². The van der Waals surface area contributed by atoms with Crippen molar-refractivity contribution in [1.82, 2.24) is 0 Å². The lowest BCUT2D eigenvalue weighted by Crippen LogP contribution is -2.28. The summed E-state index contributed by atoms with van der Waals surface area (Å²) >= 11 is 0. The van der Waals surface area contributed by atoms with E-state index in [1.54, 1.807) is 19.1 Å². The summed E-state index contributed by atoms with van der Waals surface area (Å²) in [6, 6.07) is 4.55. The number of benzene rings is 1. The normalized spacial score (nSPS) is 20.1. The molecule has 1 aromatic carbocycles. The highest BCUT2D eigenvalue weighted by Gasteiger charge is 2.34. The standard InChI is InChI=1S/C12H15FN2O3S/c1-8-3-2-4-10(13)12(8)15-6-9(5-11(15)16)7-19(14,17)18/h2-4,9H,5-7H2,1H3,(H2,14,17,18). The quantitative estimate of drug-likeness (QED) is 0.891. The van der Waals surface area contributed by atoms with Gasteiger partial charge in [0.2, 0.25) is 15.9 Å². The van der Waals surface area contributed by atoms with Gasteiger partial charge in [0, 0.05) is 18.9 Å². The third kappa shape index (κ3) is 3.10. The molecule has 0 bridgehead atoms. The maximum absolute atomic E-state index is 13.8. The van der Waals surface area contributed by atoms with Crippen molar-refractivity contribution in [2.75, 3.05) is 17.2 Å². The molecule has 0 radical (unpaired) electrons. The van der Waals surface area contributed by atoms with E-state index in [1.165, 1.54) is 11.0 Å². The number of halogens is 1. The van der Waals surface area contributed by atoms with Gasteiger partial charge in [0.1, 0.15) is 5.82 Å². The lowest BCUT2D eigenvalue weighted by molar-refractivity contribution is -0.117. The van der Waals surface area contributed by atoms with Crippen LogP contribution in [0.5, 0.6) is 0 Å². The number of anilines is 1. The van der Waals surface area contributed by atoms with Gasteiger partial charge in [0.15, 0.2) is 0 Å². The molecule has 1 amide bonds. The van der Waals surface area contributed by atoms with Gasteiger partial charge in [-0.3, -0.25) is 4.79 Å². The second-order valence-electron chi connectivity index (χ2n) is 4.81. The molecule has 1 aromatic rings. The van der Waals surface area contributed by atoms with Crippen LogP contribution in [0.25, 0.3) is 0 Å². The molecule has 0 aliphatic carbocycles. The number of nitrogens with two attached hydrogens (primary N) is 1. The van der Waals surface area contributed by atoms with E-state index in [0.717, 1.165) is 0 Å². The summed E-state index contributed by atoms with van der Waals surface area (Å²) in [5, 5.41) is 4.97. The van der Waals surface area contributed by atoms with Crippen LogP contribution in [0.3, 0.4) is 0 Å². The van der Waals surface area contributed by atoms with E-state index < -0.39 is 15.8 Å². The van der Waals surface area contributed by atoms with Gasteiger partial charge in [0.25, 0.3) is 0 Å². The number of para-hydroxylation sites is 1. The fraction of sp³-hybridized carbons (Fsp3) is 0.417. The monoisotopic (exact) mass is 286 g/mol. The van der Waals surface area contributed by atoms with Crippen LogP contribution in [0, 0.1) is 18.7 Å². The SMILES string of the molecule is Cc1cccc(F)c1N1CC(CS(N)(=O)=O)CC1=O. The predicted octanol–water partition coefficient (Wildman–Crippen LogP) is 0.776. The van der Waals surface area contributed by atoms with E-state index in [1.807, 2.05) is 0 Å². The summed E-state index contributed by atoms with van der Waals surface area (Å²) in [4.78, 5) is 13.2. The summed E-state index contributed by atoms with van der Waals surface area (Å²) in [7, 11) is -3.63. The largest absolute Gasteiger partial charge is 0.309 e. The van der Waals surface area contributed by atoms with Crippen molar-refractivity contribution < 1.29 is 17.6 Å². The highest BCUT2D eigenvalue weighted by Crippen LogP contribution is 2.30. The molecule has 1 saturated heterocycles. The van der Waals surface area contributed by atoms with Crippen LogP contribution in [0.4, 0.5) is 10.1 Å². The molecule has 0 saturated carbocycles. The first-order valence-corrected chi connectivity index (χ1v) is 7.55. The highest BCUT2D eigenvalue weighted by molar-refractivity contribution is 7.89. The molecule has 7 heteroatoms. The average Bonchev–Trinajstić information content (AvgIpc) is 2.56. The summed E-state index contributed by atoms with van der Waals surface area (Å²) in [5.41, 5.74) is 0.869. The topological polar surface area (TPSA) is 80.5 Å². The van der Waals surface area contributed by atoms with Gasteiger partial charge >= 0.3 is 0 Å². The van der Waals surface area contributed by atoms with Crippen LogP contribution in [0.2, 0.25) is 0 Å². The number of aryl methyl sites for hydroxylation is 1. The first-order valence-electron chi connectivity index (χ1n) is 5.84. The number of carbonyl (C=O) groups is 1. The van der Waals surface area contributed by atoms with E-state index in [2.05, 4.69) is 0 Å². The van der Waals surface area contributed by atoms with E-state index >= 15 is 0 Å². The molecule has 1 unspecified atom stereocenters. The summed E-state index contributed by atoms with van der Waals surface area (Å²) in [6.07, 6.45) is 0.0736. The Morgan fingerprint density at radius 2 is 2.16 bits per heavy atom. The molecule has 1 aliphatic heterocycles. The Kier molecular flexibility index (Phi) is 3.60. The van der Waals surface area contributed by atoms with Crippen LogP contribution >= 0.6 is 0 Å². The Hall–Kier alpha value is -1.47. The van der Waals surface area contributed by atoms with Crippen molar-refractivity contribution >= 4 is 21.6 Å². The lowest BCUT2D eigenvalue weighted by atomic mass is 10.1. The molecule has 1 heterocycles. The zero-order valence-corrected chi connectivity index (χ0v) is 11.3. The lowest BCUT2D eigenvalue weighted by Gasteiger charge is -2.19. The van der Waals surface area contributed by atoms with Crippen molar-refractivity contribution in [1.29, 1.82) is 0 Å². The van der Waals surface area contributed by atoms with E-state index in [9.17, 15) is 17.6 Å². The van der Waals surface area contributed by atoms with Crippen molar-refractivity contribution in [2.45, 2.75) is 13.3 Å². The molecular formula is C12H15FN2O3S. The van der Waals surface area contributed by atoms with Crippen molar-refractivity contribution in [3.63, 3.8) is 0 Å². The predicted molar refractivity (Wildman–Crippen MR) is 69.6 cm³/mol. The Bertz CT molecular complexity index is 595. The molecule has 5 nitrogen and oxygen atoms in total. The first-order chi connectivity index (χ1) is 8.78. The van der Waals surface area contributed by atoms with E-state index in [-0.39, 0.29) is 36.2 Å². The highest BCUT2D eigenvalue weighted by atomic mass is 32.2. The minimum absolute atomic E-state index is 0.0736. The van der Waals surface area contributed by atoms with Crippen molar-refractivity contribution in [2.24, 2.45) is 11.1 Å². The molecule has 104 valence electrons. The third-order valence-electron chi connectivity index (χ3n) is 3.13. The number of nitrogens with zero attached hydrogens (tertiary/aromatic N) is 1. The zero-order valence-electron chi connectivity index (χ0n) is 10.5. The molecule has 0 spiro atoms. The van der Waals surface area contributed by atoms with Gasteiger partial charge in [-0.1, -0.05) is 12.1 Å². The molecule has 1 atom stereocenters. The molecule has 0 aromatic heterocycles. The van der Waals surface area contributed by atoms with E-state index in [0.29, 0.717) is 5.56 Å². The average molecular weight is 286 g/mol. The van der Waals surface area contributed by atoms with Gasteiger partial charge in [-0.2, -0.15) is 0 Å². The summed E-state index contributed by atoms with van der Waals surface area (Å²) < 4.78 is 35.9. The van der Waals surface area contributed by atoms with Crippen LogP contribution in [-0.4, -0.2) is 26.6 Å². The Morgan fingerprint density at radius 1 is 1.47 bits per heavy atom. The summed E-state index contributed by atoms with van der Waals surface area (Å²) in [6.45, 7) is 1.88. The molecular weight excluding hydrogens is 271 g/mol. The summed E-state index contributed by atoms with van der Waals surface area (Å²) in [5.74, 6) is -1.41. The number of hydrogen-bond acceptors (Lipinski definition) is 3. The zero-order chi connectivity index (χ0) is 14.2. The number of hydrogen-bond donors (Lipinski definition) is 1. The van der Waals surface area contributed by atoms with Crippen molar-refractivity contribution in [3.8, 4) is 0 Å². The van der Waals surface area contributed by atoms with Gasteiger partial charge in [-0.15, -0.1) is 0 Å². The number of amides is 1. The maximum atomic E-state index is 13.8. The molecule has 19 heavy (non-hydrogen) atoms. The Labute approximate surface area is 111 Å². The van der Waals surface area contributed by atoms with Gasteiger partial charge in [-0.25, -0.2) is 17.9 Å². The number of carbonyl (C=O) groups excluding carboxylic acids is 1. The van der Waals surface area contributed by atoms with Crippen LogP contribution < -0.4 is 10.0 Å². The Morgan fingerprint density at radius 3 is 2.74 bits per heavy atom. The van der Waals surface area contributed by atoms with Gasteiger partial charge in [-0.05, 0) is 18.6 Å². The molecule has 2 rings (SSSR count). The van der Waals surface area contributed by atoms with Crippen LogP contribution in [0.15, 0.2) is 18.2 Å². The molecule has 1 aliphatic rings. The molecule has 1 fully saturated rings. The van der Waals surface area contributed by atoms with Crippen LogP contribution in [-0.2, 0) is 14.8 Å². The number of primary sulfonamides is 1. The third-order valence-corrected chi connectivity index (χ3v) is 4.07. The van der Waals surface area contributed by atoms with Crippen LogP contribution in [0.1, 0.15) is 12.0 Å². The fourth-order valence-corrected chi connectivity index (χ4v) is 3.28. The van der Waals surface area contributed by atoms with Crippen molar-refractivity contribution in [3.05, 3.63) is 29.6 Å². The fourth-order valence-electron chi connectivity index (χ4n) is 2.40. The maximum Gasteiger partial charge on any atom is 0.227 e. The van der Waals surface area contributed by atoms with E-state index in [4.69, 9.17) is 5.14 Å². The minimum Gasteiger partial charge on any atom is -0.309 e. The molecule has 2 N–H and O–H groups in total. The first kappa shape index (κ1) is 14.0. The Balaban J connectivity index is 2.26. The second-order valence-corrected chi connectivity index (χ2v) is 6.47. The second kappa shape index (κ2) is 4.90. The smallest absolute Gasteiger partial charge is 0.227 e. The number of rotatable bonds is 3.